The maximum atomic E-state index is 13.4. The molecular weight excluding hydrogens is 444 g/mol. The van der Waals surface area contributed by atoms with E-state index in [2.05, 4.69) is 10.9 Å². The van der Waals surface area contributed by atoms with Gasteiger partial charge < -0.3 is 9.30 Å². The van der Waals surface area contributed by atoms with E-state index in [9.17, 15) is 13.2 Å². The number of ether oxygens (including phenoxy) is 1. The van der Waals surface area contributed by atoms with E-state index in [-0.39, 0.29) is 11.4 Å². The normalized spacial score (nSPS) is 12.2. The summed E-state index contributed by atoms with van der Waals surface area (Å²) >= 11 is 1.22. The zero-order chi connectivity index (χ0) is 22.9. The van der Waals surface area contributed by atoms with Crippen LogP contribution in [0.4, 0.5) is 0 Å². The first kappa shape index (κ1) is 21.8. The molecule has 0 atom stereocenters. The monoisotopic (exact) mass is 464 g/mol. The fourth-order valence-electron chi connectivity index (χ4n) is 3.50. The number of aromatic nitrogens is 1. The van der Waals surface area contributed by atoms with Gasteiger partial charge in [0.15, 0.2) is 14.6 Å². The summed E-state index contributed by atoms with van der Waals surface area (Å²) in [6, 6.07) is 16.0. The van der Waals surface area contributed by atoms with Crippen molar-refractivity contribution in [1.82, 2.24) is 4.57 Å². The van der Waals surface area contributed by atoms with Gasteiger partial charge in [-0.2, -0.15) is 4.99 Å². The van der Waals surface area contributed by atoms with Gasteiger partial charge in [-0.3, -0.25) is 4.79 Å². The summed E-state index contributed by atoms with van der Waals surface area (Å²) in [4.78, 5) is 18.4. The summed E-state index contributed by atoms with van der Waals surface area (Å²) in [6.45, 7) is 2.46. The molecule has 0 aliphatic heterocycles. The van der Waals surface area contributed by atoms with Crippen LogP contribution in [-0.4, -0.2) is 31.8 Å². The highest BCUT2D eigenvalue weighted by Gasteiger charge is 2.18. The minimum Gasteiger partial charge on any atom is -0.493 e. The molecule has 1 amide bonds. The van der Waals surface area contributed by atoms with Crippen LogP contribution in [0.15, 0.2) is 64.5 Å². The van der Waals surface area contributed by atoms with Crippen molar-refractivity contribution in [2.45, 2.75) is 18.4 Å². The Kier molecular flexibility index (Phi) is 5.87. The second kappa shape index (κ2) is 8.61. The Balaban J connectivity index is 1.95. The maximum absolute atomic E-state index is 13.4. The zero-order valence-electron chi connectivity index (χ0n) is 17.5. The zero-order valence-corrected chi connectivity index (χ0v) is 19.2. The molecule has 6 nitrogen and oxygen atoms in total. The van der Waals surface area contributed by atoms with Gasteiger partial charge in [0, 0.05) is 6.26 Å². The van der Waals surface area contributed by atoms with Gasteiger partial charge >= 0.3 is 0 Å². The van der Waals surface area contributed by atoms with Crippen molar-refractivity contribution >= 4 is 48.1 Å². The highest BCUT2D eigenvalue weighted by molar-refractivity contribution is 7.90. The van der Waals surface area contributed by atoms with Gasteiger partial charge in [0.05, 0.1) is 33.8 Å². The fourth-order valence-corrected chi connectivity index (χ4v) is 5.29. The number of fused-ring (bicyclic) bond motifs is 2. The lowest BCUT2D eigenvalue weighted by atomic mass is 10.0. The Hall–Kier alpha value is -3.41. The highest BCUT2D eigenvalue weighted by Crippen LogP contribution is 2.29. The van der Waals surface area contributed by atoms with Gasteiger partial charge in [-0.15, -0.1) is 6.42 Å². The van der Waals surface area contributed by atoms with Crippen molar-refractivity contribution < 1.29 is 17.9 Å². The number of thiazole rings is 1. The van der Waals surface area contributed by atoms with E-state index in [0.717, 1.165) is 22.5 Å². The van der Waals surface area contributed by atoms with Gasteiger partial charge in [-0.1, -0.05) is 47.6 Å². The van der Waals surface area contributed by atoms with E-state index in [4.69, 9.17) is 11.2 Å². The lowest BCUT2D eigenvalue weighted by Gasteiger charge is -2.10. The Labute approximate surface area is 189 Å². The largest absolute Gasteiger partial charge is 0.493 e. The third-order valence-electron chi connectivity index (χ3n) is 4.93. The number of hydrogen-bond donors (Lipinski definition) is 0. The second-order valence-corrected chi connectivity index (χ2v) is 10.1. The predicted molar refractivity (Wildman–Crippen MR) is 127 cm³/mol. The van der Waals surface area contributed by atoms with E-state index in [1.807, 2.05) is 37.3 Å². The van der Waals surface area contributed by atoms with Crippen LogP contribution in [0.1, 0.15) is 17.3 Å². The molecule has 162 valence electrons. The first-order chi connectivity index (χ1) is 15.3. The molecule has 8 heteroatoms. The Morgan fingerprint density at radius 2 is 1.97 bits per heavy atom. The van der Waals surface area contributed by atoms with Gasteiger partial charge in [0.2, 0.25) is 0 Å². The third kappa shape index (κ3) is 4.05. The van der Waals surface area contributed by atoms with Crippen LogP contribution in [-0.2, 0) is 16.4 Å². The van der Waals surface area contributed by atoms with Crippen LogP contribution in [0.2, 0.25) is 0 Å². The number of carbonyl (C=O) groups is 1. The summed E-state index contributed by atoms with van der Waals surface area (Å²) in [6.07, 6.45) is 6.70. The molecule has 4 rings (SSSR count). The molecule has 0 saturated carbocycles. The van der Waals surface area contributed by atoms with E-state index in [0.29, 0.717) is 27.4 Å². The minimum absolute atomic E-state index is 0.193. The minimum atomic E-state index is -3.37. The van der Waals surface area contributed by atoms with E-state index in [1.54, 1.807) is 22.8 Å². The SMILES string of the molecule is C#CCn1c(=NC(=O)c2c(OCC)ccc3ccccc23)sc2cc(S(C)(=O)=O)ccc21. The van der Waals surface area contributed by atoms with E-state index >= 15 is 0 Å². The van der Waals surface area contributed by atoms with E-state index < -0.39 is 15.7 Å². The van der Waals surface area contributed by atoms with Gasteiger partial charge in [-0.25, -0.2) is 8.42 Å². The summed E-state index contributed by atoms with van der Waals surface area (Å²) in [5.74, 6) is 2.59. The summed E-state index contributed by atoms with van der Waals surface area (Å²) in [5.41, 5.74) is 1.10. The molecule has 3 aromatic carbocycles. The Morgan fingerprint density at radius 1 is 1.19 bits per heavy atom. The molecular formula is C24H20N2O4S2. The van der Waals surface area contributed by atoms with Crippen LogP contribution < -0.4 is 9.54 Å². The number of sulfone groups is 1. The molecule has 4 aromatic rings. The van der Waals surface area contributed by atoms with E-state index in [1.165, 1.54) is 17.4 Å². The van der Waals surface area contributed by atoms with Crippen molar-refractivity contribution in [3.8, 4) is 18.1 Å². The van der Waals surface area contributed by atoms with Gasteiger partial charge in [0.1, 0.15) is 5.75 Å². The molecule has 1 heterocycles. The lowest BCUT2D eigenvalue weighted by Crippen LogP contribution is -2.17. The smallest absolute Gasteiger partial charge is 0.284 e. The second-order valence-electron chi connectivity index (χ2n) is 7.09. The number of nitrogens with zero attached hydrogens (tertiary/aromatic N) is 2. The topological polar surface area (TPSA) is 77.7 Å². The average Bonchev–Trinajstić information content (AvgIpc) is 3.09. The van der Waals surface area contributed by atoms with Crippen LogP contribution in [0, 0.1) is 12.3 Å². The van der Waals surface area contributed by atoms with Gasteiger partial charge in [0.25, 0.3) is 5.91 Å². The first-order valence-corrected chi connectivity index (χ1v) is 12.5. The van der Waals surface area contributed by atoms with Crippen molar-refractivity contribution in [3.05, 3.63) is 65.0 Å². The van der Waals surface area contributed by atoms with Crippen LogP contribution in [0.25, 0.3) is 21.0 Å². The number of carbonyl (C=O) groups excluding carboxylic acids is 1. The molecule has 32 heavy (non-hydrogen) atoms. The summed E-state index contributed by atoms with van der Waals surface area (Å²) < 4.78 is 32.0. The van der Waals surface area contributed by atoms with Gasteiger partial charge in [-0.05, 0) is 42.0 Å². The number of benzene rings is 3. The number of terminal acetylenes is 1. The molecule has 0 fully saturated rings. The summed E-state index contributed by atoms with van der Waals surface area (Å²) in [7, 11) is -3.37. The standard InChI is InChI=1S/C24H20N2O4S2/c1-4-14-26-19-12-11-17(32(3,28)29)15-21(19)31-24(26)25-23(27)22-18-9-7-6-8-16(18)10-13-20(22)30-5-2/h1,6-13,15H,5,14H2,2-3H3. The van der Waals surface area contributed by atoms with Crippen LogP contribution in [0.5, 0.6) is 5.75 Å². The number of hydrogen-bond acceptors (Lipinski definition) is 5. The van der Waals surface area contributed by atoms with Crippen LogP contribution >= 0.6 is 11.3 Å². The number of amides is 1. The molecule has 0 bridgehead atoms. The van der Waals surface area contributed by atoms with Crippen LogP contribution in [0.3, 0.4) is 0 Å². The molecule has 0 unspecified atom stereocenters. The fraction of sp³-hybridized carbons (Fsp3) is 0.167. The summed E-state index contributed by atoms with van der Waals surface area (Å²) in [5, 5.41) is 1.65. The molecule has 0 radical (unpaired) electrons. The lowest BCUT2D eigenvalue weighted by molar-refractivity contribution is 0.0996. The highest BCUT2D eigenvalue weighted by atomic mass is 32.2. The Bertz CT molecular complexity index is 1570. The predicted octanol–water partition coefficient (Wildman–Crippen LogP) is 4.03. The van der Waals surface area contributed by atoms with Crippen molar-refractivity contribution in [2.24, 2.45) is 4.99 Å². The molecule has 0 N–H and O–H groups in total. The first-order valence-electron chi connectivity index (χ1n) is 9.84. The molecule has 1 aromatic heterocycles. The van der Waals surface area contributed by atoms with Crippen molar-refractivity contribution in [1.29, 1.82) is 0 Å². The third-order valence-corrected chi connectivity index (χ3v) is 7.08. The molecule has 0 saturated heterocycles. The maximum Gasteiger partial charge on any atom is 0.284 e. The Morgan fingerprint density at radius 3 is 2.69 bits per heavy atom. The molecule has 0 aliphatic carbocycles. The molecule has 0 spiro atoms. The van der Waals surface area contributed by atoms with Crippen molar-refractivity contribution in [3.63, 3.8) is 0 Å². The average molecular weight is 465 g/mol. The molecule has 0 aliphatic rings. The van der Waals surface area contributed by atoms with Crippen molar-refractivity contribution in [2.75, 3.05) is 12.9 Å². The number of rotatable bonds is 5. The quantitative estimate of drug-likeness (QED) is 0.418.